The first kappa shape index (κ1) is 9.21. The molecule has 2 rings (SSSR count). The lowest BCUT2D eigenvalue weighted by atomic mass is 10.1. The van der Waals surface area contributed by atoms with Gasteiger partial charge in [0.05, 0.1) is 18.3 Å². The highest BCUT2D eigenvalue weighted by molar-refractivity contribution is 6.30. The molecule has 14 heavy (non-hydrogen) atoms. The molecule has 0 spiro atoms. The Bertz CT molecular complexity index is 507. The number of aliphatic carboxylic acids is 1. The number of halogens is 1. The van der Waals surface area contributed by atoms with E-state index in [9.17, 15) is 4.79 Å². The molecule has 3 nitrogen and oxygen atoms in total. The lowest BCUT2D eigenvalue weighted by Gasteiger charge is -1.95. The maximum atomic E-state index is 10.6. The van der Waals surface area contributed by atoms with E-state index in [-0.39, 0.29) is 6.42 Å². The van der Waals surface area contributed by atoms with E-state index in [1.165, 1.54) is 0 Å². The summed E-state index contributed by atoms with van der Waals surface area (Å²) in [5, 5.41) is 11.0. The van der Waals surface area contributed by atoms with E-state index in [2.05, 4.69) is 4.99 Å². The summed E-state index contributed by atoms with van der Waals surface area (Å²) in [4.78, 5) is 14.8. The molecule has 0 bridgehead atoms. The van der Waals surface area contributed by atoms with Crippen molar-refractivity contribution in [1.29, 1.82) is 0 Å². The Morgan fingerprint density at radius 3 is 3.07 bits per heavy atom. The van der Waals surface area contributed by atoms with Crippen LogP contribution in [0.4, 0.5) is 0 Å². The molecule has 0 amide bonds. The van der Waals surface area contributed by atoms with Crippen molar-refractivity contribution >= 4 is 23.1 Å². The number of hydrogen-bond donors (Lipinski definition) is 1. The minimum atomic E-state index is -0.831. The topological polar surface area (TPSA) is 49.7 Å². The van der Waals surface area contributed by atoms with Crippen molar-refractivity contribution in [3.8, 4) is 0 Å². The Labute approximate surface area is 85.4 Å². The summed E-state index contributed by atoms with van der Waals surface area (Å²) >= 11 is 5.82. The van der Waals surface area contributed by atoms with Crippen molar-refractivity contribution in [3.05, 3.63) is 33.8 Å². The van der Waals surface area contributed by atoms with Crippen LogP contribution >= 0.6 is 11.6 Å². The van der Waals surface area contributed by atoms with Crippen molar-refractivity contribution in [2.45, 2.75) is 6.42 Å². The smallest absolute Gasteiger partial charge is 0.307 e. The summed E-state index contributed by atoms with van der Waals surface area (Å²) in [5.41, 5.74) is 0.829. The molecule has 4 heteroatoms. The number of nitrogens with zero attached hydrogens (tertiary/aromatic N) is 1. The van der Waals surface area contributed by atoms with E-state index < -0.39 is 5.97 Å². The lowest BCUT2D eigenvalue weighted by molar-refractivity contribution is -0.135. The Kier molecular flexibility index (Phi) is 2.25. The van der Waals surface area contributed by atoms with Crippen LogP contribution in [0.15, 0.2) is 23.2 Å². The molecule has 0 aromatic heterocycles. The summed E-state index contributed by atoms with van der Waals surface area (Å²) < 4.78 is 0. The molecule has 0 saturated carbocycles. The Morgan fingerprint density at radius 1 is 1.57 bits per heavy atom. The molecule has 0 aliphatic carbocycles. The average molecular weight is 210 g/mol. The Morgan fingerprint density at radius 2 is 2.36 bits per heavy atom. The summed E-state index contributed by atoms with van der Waals surface area (Å²) in [5.74, 6) is -0.831. The van der Waals surface area contributed by atoms with E-state index >= 15 is 0 Å². The van der Waals surface area contributed by atoms with Crippen molar-refractivity contribution < 1.29 is 9.90 Å². The fraction of sp³-hybridized carbons (Fsp3) is 0.200. The van der Waals surface area contributed by atoms with Gasteiger partial charge in [0.1, 0.15) is 0 Å². The molecule has 0 unspecified atom stereocenters. The molecule has 1 heterocycles. The van der Waals surface area contributed by atoms with E-state index in [4.69, 9.17) is 16.7 Å². The zero-order chi connectivity index (χ0) is 10.1. The molecular formula is C10H8ClNO2. The summed E-state index contributed by atoms with van der Waals surface area (Å²) in [6.07, 6.45) is 0.0385. The van der Waals surface area contributed by atoms with Crippen LogP contribution in [0.1, 0.15) is 6.42 Å². The van der Waals surface area contributed by atoms with Crippen LogP contribution in [-0.4, -0.2) is 17.6 Å². The second kappa shape index (κ2) is 3.42. The molecule has 0 fully saturated rings. The summed E-state index contributed by atoms with van der Waals surface area (Å²) in [7, 11) is 0. The van der Waals surface area contributed by atoms with Crippen LogP contribution in [0.2, 0.25) is 5.02 Å². The highest BCUT2D eigenvalue weighted by Crippen LogP contribution is 2.07. The maximum Gasteiger partial charge on any atom is 0.307 e. The first-order valence-electron chi connectivity index (χ1n) is 4.21. The zero-order valence-corrected chi connectivity index (χ0v) is 8.08. The van der Waals surface area contributed by atoms with Crippen LogP contribution in [0.25, 0.3) is 5.57 Å². The first-order valence-corrected chi connectivity index (χ1v) is 4.58. The molecule has 1 aliphatic rings. The van der Waals surface area contributed by atoms with E-state index in [0.717, 1.165) is 16.1 Å². The van der Waals surface area contributed by atoms with Gasteiger partial charge in [-0.05, 0) is 23.8 Å². The highest BCUT2D eigenvalue weighted by Gasteiger charge is 2.10. The standard InChI is InChI=1S/C10H8ClNO2/c11-7-1-2-9-8(4-7)6(5-12-9)3-10(13)14/h1-2,4H,3,5H2,(H,13,14). The second-order valence-corrected chi connectivity index (χ2v) is 3.59. The van der Waals surface area contributed by atoms with Crippen molar-refractivity contribution in [2.24, 2.45) is 4.99 Å². The zero-order valence-electron chi connectivity index (χ0n) is 7.33. The number of carboxylic acids is 1. The molecular weight excluding hydrogens is 202 g/mol. The molecule has 0 saturated heterocycles. The normalized spacial score (nSPS) is 13.6. The fourth-order valence-corrected chi connectivity index (χ4v) is 1.70. The Hall–Kier alpha value is -1.35. The van der Waals surface area contributed by atoms with Crippen molar-refractivity contribution in [2.75, 3.05) is 6.54 Å². The predicted octanol–water partition coefficient (Wildman–Crippen LogP) is 0.599. The van der Waals surface area contributed by atoms with Crippen molar-refractivity contribution in [1.82, 2.24) is 0 Å². The van der Waals surface area contributed by atoms with Gasteiger partial charge < -0.3 is 5.11 Å². The molecule has 0 radical (unpaired) electrons. The van der Waals surface area contributed by atoms with Crippen LogP contribution < -0.4 is 10.6 Å². The van der Waals surface area contributed by atoms with Gasteiger partial charge in [-0.2, -0.15) is 0 Å². The summed E-state index contributed by atoms with van der Waals surface area (Å²) in [6.45, 7) is 0.474. The number of hydrogen-bond acceptors (Lipinski definition) is 2. The van der Waals surface area contributed by atoms with E-state index in [0.29, 0.717) is 11.6 Å². The third-order valence-corrected chi connectivity index (χ3v) is 2.38. The van der Waals surface area contributed by atoms with Crippen LogP contribution in [0, 0.1) is 0 Å². The second-order valence-electron chi connectivity index (χ2n) is 3.15. The van der Waals surface area contributed by atoms with Gasteiger partial charge in [0.15, 0.2) is 0 Å². The van der Waals surface area contributed by atoms with E-state index in [1.54, 1.807) is 12.1 Å². The van der Waals surface area contributed by atoms with Crippen LogP contribution in [-0.2, 0) is 4.79 Å². The molecule has 0 atom stereocenters. The molecule has 1 aromatic carbocycles. The van der Waals surface area contributed by atoms with Gasteiger partial charge in [0.25, 0.3) is 0 Å². The fourth-order valence-electron chi connectivity index (χ4n) is 1.53. The predicted molar refractivity (Wildman–Crippen MR) is 52.8 cm³/mol. The highest BCUT2D eigenvalue weighted by atomic mass is 35.5. The number of rotatable bonds is 2. The van der Waals surface area contributed by atoms with E-state index in [1.807, 2.05) is 6.07 Å². The van der Waals surface area contributed by atoms with Crippen molar-refractivity contribution in [3.63, 3.8) is 0 Å². The lowest BCUT2D eigenvalue weighted by Crippen LogP contribution is -2.23. The first-order chi connectivity index (χ1) is 6.66. The molecule has 1 aromatic rings. The number of fused-ring (bicyclic) bond motifs is 1. The Balaban J connectivity index is 2.58. The largest absolute Gasteiger partial charge is 0.481 e. The monoisotopic (exact) mass is 209 g/mol. The minimum Gasteiger partial charge on any atom is -0.481 e. The third kappa shape index (κ3) is 1.63. The molecule has 1 aliphatic heterocycles. The van der Waals surface area contributed by atoms with Gasteiger partial charge in [-0.25, -0.2) is 0 Å². The van der Waals surface area contributed by atoms with Gasteiger partial charge in [-0.1, -0.05) is 11.6 Å². The maximum absolute atomic E-state index is 10.6. The van der Waals surface area contributed by atoms with Gasteiger partial charge in [-0.15, -0.1) is 0 Å². The van der Waals surface area contributed by atoms with Gasteiger partial charge in [-0.3, -0.25) is 9.79 Å². The number of benzene rings is 1. The minimum absolute atomic E-state index is 0.0385. The molecule has 72 valence electrons. The van der Waals surface area contributed by atoms with Gasteiger partial charge in [0.2, 0.25) is 0 Å². The van der Waals surface area contributed by atoms with Crippen LogP contribution in [0.5, 0.6) is 0 Å². The average Bonchev–Trinajstić information content (AvgIpc) is 2.47. The summed E-state index contributed by atoms with van der Waals surface area (Å²) in [6, 6.07) is 5.34. The molecule has 1 N–H and O–H groups in total. The van der Waals surface area contributed by atoms with Gasteiger partial charge in [0, 0.05) is 10.2 Å². The SMILES string of the molecule is O=C(O)CC1=c2cc(Cl)ccc2=NC1. The van der Waals surface area contributed by atoms with Gasteiger partial charge >= 0.3 is 5.97 Å². The number of carbonyl (C=O) groups is 1. The van der Waals surface area contributed by atoms with Crippen LogP contribution in [0.3, 0.4) is 0 Å². The third-order valence-electron chi connectivity index (χ3n) is 2.14. The number of carboxylic acid groups (broad SMARTS) is 1. The quantitative estimate of drug-likeness (QED) is 0.776.